The fraction of sp³-hybridized carbons (Fsp3) is 0.750. The summed E-state index contributed by atoms with van der Waals surface area (Å²) in [5.74, 6) is 0.965. The SMILES string of the molecule is CN[C@@H]1CC[C@@](NC)(c2ccc(OCCCN3CCCCC3)cc2)C(NC)(NC)C1. The lowest BCUT2D eigenvalue weighted by Gasteiger charge is -2.56. The third kappa shape index (κ3) is 4.83. The van der Waals surface area contributed by atoms with E-state index in [9.17, 15) is 0 Å². The van der Waals surface area contributed by atoms with E-state index in [2.05, 4.69) is 78.6 Å². The molecule has 30 heavy (non-hydrogen) atoms. The Morgan fingerprint density at radius 3 is 2.27 bits per heavy atom. The number of hydrogen-bond acceptors (Lipinski definition) is 6. The Bertz CT molecular complexity index is 627. The molecule has 0 aromatic heterocycles. The minimum Gasteiger partial charge on any atom is -0.494 e. The van der Waals surface area contributed by atoms with Crippen LogP contribution in [-0.4, -0.2) is 71.0 Å². The summed E-state index contributed by atoms with van der Waals surface area (Å²) >= 11 is 0. The largest absolute Gasteiger partial charge is 0.494 e. The predicted octanol–water partition coefficient (Wildman–Crippen LogP) is 2.26. The van der Waals surface area contributed by atoms with Gasteiger partial charge in [-0.2, -0.15) is 0 Å². The molecule has 4 N–H and O–H groups in total. The monoisotopic (exact) mass is 417 g/mol. The number of benzene rings is 1. The Kier molecular flexibility index (Phi) is 8.54. The molecule has 2 aliphatic rings. The minimum absolute atomic E-state index is 0.184. The van der Waals surface area contributed by atoms with Crippen molar-refractivity contribution in [2.24, 2.45) is 0 Å². The first-order valence-electron chi connectivity index (χ1n) is 11.8. The molecule has 0 radical (unpaired) electrons. The number of likely N-dealkylation sites (N-methyl/N-ethyl adjacent to an activating group) is 3. The molecular formula is C24H43N5O. The molecule has 0 unspecified atom stereocenters. The molecule has 3 rings (SSSR count). The zero-order chi connectivity index (χ0) is 21.5. The molecule has 0 amide bonds. The number of nitrogens with zero attached hydrogens (tertiary/aromatic N) is 1. The van der Waals surface area contributed by atoms with Crippen LogP contribution < -0.4 is 26.0 Å². The maximum atomic E-state index is 6.06. The number of rotatable bonds is 10. The lowest BCUT2D eigenvalue weighted by Crippen LogP contribution is -2.75. The third-order valence-corrected chi connectivity index (χ3v) is 7.52. The van der Waals surface area contributed by atoms with Crippen LogP contribution in [0.2, 0.25) is 0 Å². The molecule has 1 saturated heterocycles. The molecule has 1 heterocycles. The standard InChI is InChI=1S/C24H43N5O/c1-25-21-13-14-23(26-2,24(19-21,27-3)28-4)20-9-11-22(12-10-20)30-18-8-17-29-15-6-5-7-16-29/h9-12,21,25-28H,5-8,13-19H2,1-4H3/t21-,23-/m1/s1. The summed E-state index contributed by atoms with van der Waals surface area (Å²) in [6, 6.07) is 9.23. The van der Waals surface area contributed by atoms with E-state index in [1.165, 1.54) is 37.9 Å². The van der Waals surface area contributed by atoms with Crippen LogP contribution in [0, 0.1) is 0 Å². The molecule has 2 atom stereocenters. The van der Waals surface area contributed by atoms with E-state index in [0.717, 1.165) is 44.6 Å². The number of hydrogen-bond donors (Lipinski definition) is 4. The van der Waals surface area contributed by atoms with E-state index in [0.29, 0.717) is 6.04 Å². The summed E-state index contributed by atoms with van der Waals surface area (Å²) < 4.78 is 6.06. The highest BCUT2D eigenvalue weighted by Gasteiger charge is 2.53. The van der Waals surface area contributed by atoms with Crippen molar-refractivity contribution >= 4 is 0 Å². The van der Waals surface area contributed by atoms with Crippen LogP contribution in [0.4, 0.5) is 0 Å². The highest BCUT2D eigenvalue weighted by molar-refractivity contribution is 5.36. The Labute approximate surface area is 183 Å². The summed E-state index contributed by atoms with van der Waals surface area (Å²) in [5, 5.41) is 14.4. The van der Waals surface area contributed by atoms with Crippen LogP contribution in [-0.2, 0) is 5.54 Å². The summed E-state index contributed by atoms with van der Waals surface area (Å²) in [4.78, 5) is 2.57. The van der Waals surface area contributed by atoms with Gasteiger partial charge in [0.15, 0.2) is 0 Å². The first kappa shape index (κ1) is 23.5. The van der Waals surface area contributed by atoms with Gasteiger partial charge in [-0.3, -0.25) is 0 Å². The van der Waals surface area contributed by atoms with Gasteiger partial charge in [0.05, 0.1) is 17.8 Å². The zero-order valence-corrected chi connectivity index (χ0v) is 19.5. The molecule has 1 aliphatic heterocycles. The predicted molar refractivity (Wildman–Crippen MR) is 125 cm³/mol. The lowest BCUT2D eigenvalue weighted by molar-refractivity contribution is 0.0431. The quantitative estimate of drug-likeness (QED) is 0.346. The highest BCUT2D eigenvalue weighted by Crippen LogP contribution is 2.43. The summed E-state index contributed by atoms with van der Waals surface area (Å²) in [6.45, 7) is 4.45. The smallest absolute Gasteiger partial charge is 0.119 e. The molecular weight excluding hydrogens is 374 g/mol. The molecule has 1 aromatic carbocycles. The van der Waals surface area contributed by atoms with Crippen LogP contribution in [0.15, 0.2) is 24.3 Å². The van der Waals surface area contributed by atoms with E-state index >= 15 is 0 Å². The number of nitrogens with one attached hydrogen (secondary N) is 4. The van der Waals surface area contributed by atoms with E-state index in [1.807, 2.05) is 0 Å². The molecule has 1 aromatic rings. The molecule has 6 nitrogen and oxygen atoms in total. The van der Waals surface area contributed by atoms with Gasteiger partial charge in [0.1, 0.15) is 5.75 Å². The van der Waals surface area contributed by atoms with E-state index in [-0.39, 0.29) is 11.2 Å². The molecule has 6 heteroatoms. The fourth-order valence-corrected chi connectivity index (χ4v) is 5.62. The van der Waals surface area contributed by atoms with Gasteiger partial charge in [-0.1, -0.05) is 18.6 Å². The molecule has 1 saturated carbocycles. The molecule has 0 bridgehead atoms. The summed E-state index contributed by atoms with van der Waals surface area (Å²) in [6.07, 6.45) is 8.38. The maximum Gasteiger partial charge on any atom is 0.119 e. The normalized spacial score (nSPS) is 27.1. The lowest BCUT2D eigenvalue weighted by atomic mass is 9.66. The van der Waals surface area contributed by atoms with Gasteiger partial charge in [0.25, 0.3) is 0 Å². The second-order valence-corrected chi connectivity index (χ2v) is 8.92. The van der Waals surface area contributed by atoms with Gasteiger partial charge in [-0.25, -0.2) is 0 Å². The molecule has 1 aliphatic carbocycles. The van der Waals surface area contributed by atoms with Crippen molar-refractivity contribution in [2.45, 2.75) is 62.2 Å². The van der Waals surface area contributed by atoms with E-state index in [4.69, 9.17) is 4.74 Å². The Hall–Kier alpha value is -1.18. The molecule has 2 fully saturated rings. The van der Waals surface area contributed by atoms with E-state index in [1.54, 1.807) is 0 Å². The summed E-state index contributed by atoms with van der Waals surface area (Å²) in [5.41, 5.74) is 0.880. The zero-order valence-electron chi connectivity index (χ0n) is 19.5. The van der Waals surface area contributed by atoms with Gasteiger partial charge in [-0.05, 0) is 97.5 Å². The highest BCUT2D eigenvalue weighted by atomic mass is 16.5. The topological polar surface area (TPSA) is 60.6 Å². The second kappa shape index (κ2) is 10.9. The van der Waals surface area contributed by atoms with E-state index < -0.39 is 0 Å². The first-order valence-corrected chi connectivity index (χ1v) is 11.8. The van der Waals surface area contributed by atoms with Crippen molar-refractivity contribution in [1.29, 1.82) is 0 Å². The van der Waals surface area contributed by atoms with Crippen molar-refractivity contribution in [3.63, 3.8) is 0 Å². The van der Waals surface area contributed by atoms with Gasteiger partial charge < -0.3 is 30.9 Å². The van der Waals surface area contributed by atoms with Gasteiger partial charge in [0, 0.05) is 12.6 Å². The number of ether oxygens (including phenoxy) is 1. The first-order chi connectivity index (χ1) is 14.6. The van der Waals surface area contributed by atoms with Crippen LogP contribution in [0.3, 0.4) is 0 Å². The fourth-order valence-electron chi connectivity index (χ4n) is 5.62. The Morgan fingerprint density at radius 2 is 1.67 bits per heavy atom. The number of likely N-dealkylation sites (tertiary alicyclic amines) is 1. The molecule has 0 spiro atoms. The average Bonchev–Trinajstić information content (AvgIpc) is 2.82. The van der Waals surface area contributed by atoms with Crippen LogP contribution in [0.25, 0.3) is 0 Å². The van der Waals surface area contributed by atoms with Gasteiger partial charge >= 0.3 is 0 Å². The van der Waals surface area contributed by atoms with Crippen molar-refractivity contribution in [3.05, 3.63) is 29.8 Å². The third-order valence-electron chi connectivity index (χ3n) is 7.52. The van der Waals surface area contributed by atoms with Crippen molar-refractivity contribution in [1.82, 2.24) is 26.2 Å². The van der Waals surface area contributed by atoms with Gasteiger partial charge in [-0.15, -0.1) is 0 Å². The minimum atomic E-state index is -0.232. The summed E-state index contributed by atoms with van der Waals surface area (Å²) in [7, 11) is 8.25. The average molecular weight is 418 g/mol. The van der Waals surface area contributed by atoms with Crippen molar-refractivity contribution < 1.29 is 4.74 Å². The van der Waals surface area contributed by atoms with Gasteiger partial charge in [0.2, 0.25) is 0 Å². The van der Waals surface area contributed by atoms with Crippen LogP contribution >= 0.6 is 0 Å². The second-order valence-electron chi connectivity index (χ2n) is 8.92. The van der Waals surface area contributed by atoms with Crippen LogP contribution in [0.5, 0.6) is 5.75 Å². The Morgan fingerprint density at radius 1 is 0.967 bits per heavy atom. The van der Waals surface area contributed by atoms with Crippen LogP contribution in [0.1, 0.15) is 50.5 Å². The maximum absolute atomic E-state index is 6.06. The van der Waals surface area contributed by atoms with Crippen molar-refractivity contribution in [2.75, 3.05) is 54.4 Å². The Balaban J connectivity index is 1.64. The number of piperidine rings is 1. The van der Waals surface area contributed by atoms with Crippen molar-refractivity contribution in [3.8, 4) is 5.75 Å². The molecule has 170 valence electrons.